The number of carbonyl (C=O) groups excluding carboxylic acids is 1. The highest BCUT2D eigenvalue weighted by Crippen LogP contribution is 2.33. The molecule has 1 aliphatic heterocycles. The second kappa shape index (κ2) is 10.9. The summed E-state index contributed by atoms with van der Waals surface area (Å²) < 4.78 is 10.8. The Morgan fingerprint density at radius 2 is 1.78 bits per heavy atom. The highest BCUT2D eigenvalue weighted by molar-refractivity contribution is 5.87. The first-order valence-electron chi connectivity index (χ1n) is 13.3. The number of nitrogens with one attached hydrogen (secondary N) is 1. The Labute approximate surface area is 236 Å². The van der Waals surface area contributed by atoms with Crippen molar-refractivity contribution in [2.45, 2.75) is 12.5 Å². The van der Waals surface area contributed by atoms with Crippen LogP contribution in [0.15, 0.2) is 54.7 Å². The van der Waals surface area contributed by atoms with Gasteiger partial charge in [0, 0.05) is 49.4 Å². The number of hydrogen-bond acceptors (Lipinski definition) is 10. The first kappa shape index (κ1) is 26.3. The molecule has 210 valence electrons. The zero-order valence-corrected chi connectivity index (χ0v) is 22.9. The average Bonchev–Trinajstić information content (AvgIpc) is 3.42. The predicted molar refractivity (Wildman–Crippen MR) is 157 cm³/mol. The molecule has 0 saturated carbocycles. The van der Waals surface area contributed by atoms with Gasteiger partial charge in [-0.25, -0.2) is 9.97 Å². The maximum atomic E-state index is 13.2. The maximum absolute atomic E-state index is 13.2. The summed E-state index contributed by atoms with van der Waals surface area (Å²) in [6.07, 6.45) is 2.08. The Bertz CT molecular complexity index is 1700. The lowest BCUT2D eigenvalue weighted by molar-refractivity contribution is -0.132. The van der Waals surface area contributed by atoms with Crippen molar-refractivity contribution in [3.8, 4) is 22.8 Å². The summed E-state index contributed by atoms with van der Waals surface area (Å²) >= 11 is 0. The Morgan fingerprint density at radius 3 is 2.54 bits per heavy atom. The number of carbonyl (C=O) groups is 1. The van der Waals surface area contributed by atoms with Crippen LogP contribution in [0.25, 0.3) is 33.3 Å². The van der Waals surface area contributed by atoms with Crippen LogP contribution in [0.4, 0.5) is 11.8 Å². The van der Waals surface area contributed by atoms with Gasteiger partial charge in [0.15, 0.2) is 28.5 Å². The number of aromatic nitrogens is 5. The number of para-hydroxylation sites is 1. The van der Waals surface area contributed by atoms with Gasteiger partial charge in [-0.2, -0.15) is 9.97 Å². The van der Waals surface area contributed by atoms with Crippen LogP contribution in [0.2, 0.25) is 0 Å². The molecule has 2 aromatic carbocycles. The largest absolute Gasteiger partial charge is 0.493 e. The summed E-state index contributed by atoms with van der Waals surface area (Å²) in [4.78, 5) is 38.6. The number of rotatable bonds is 7. The molecule has 12 heteroatoms. The van der Waals surface area contributed by atoms with Crippen LogP contribution in [0.1, 0.15) is 5.69 Å². The smallest absolute Gasteiger partial charge is 0.240 e. The van der Waals surface area contributed by atoms with Gasteiger partial charge >= 0.3 is 0 Å². The van der Waals surface area contributed by atoms with Crippen LogP contribution >= 0.6 is 0 Å². The van der Waals surface area contributed by atoms with Crippen LogP contribution in [-0.2, 0) is 11.2 Å². The number of nitrogens with zero attached hydrogens (tertiary/aromatic N) is 6. The first-order chi connectivity index (χ1) is 19.9. The minimum atomic E-state index is -0.639. The van der Waals surface area contributed by atoms with Crippen LogP contribution in [0.5, 0.6) is 11.5 Å². The number of piperazine rings is 1. The number of nitrogens with two attached hydrogens (primary N) is 2. The molecule has 0 radical (unpaired) electrons. The summed E-state index contributed by atoms with van der Waals surface area (Å²) in [5, 5.41) is 1.10. The molecule has 6 rings (SSSR count). The lowest BCUT2D eigenvalue weighted by atomic mass is 10.1. The van der Waals surface area contributed by atoms with Gasteiger partial charge in [0.05, 0.1) is 32.2 Å². The van der Waals surface area contributed by atoms with Crippen LogP contribution in [0, 0.1) is 0 Å². The van der Waals surface area contributed by atoms with Crippen molar-refractivity contribution in [2.24, 2.45) is 5.73 Å². The molecule has 0 aliphatic carbocycles. The van der Waals surface area contributed by atoms with Gasteiger partial charge in [-0.15, -0.1) is 0 Å². The number of ether oxygens (including phenoxy) is 2. The zero-order chi connectivity index (χ0) is 28.5. The van der Waals surface area contributed by atoms with E-state index >= 15 is 0 Å². The van der Waals surface area contributed by atoms with Crippen molar-refractivity contribution in [1.82, 2.24) is 29.8 Å². The van der Waals surface area contributed by atoms with E-state index in [1.54, 1.807) is 25.3 Å². The van der Waals surface area contributed by atoms with Crippen LogP contribution in [0.3, 0.4) is 0 Å². The number of methoxy groups -OCH3 is 2. The fourth-order valence-electron chi connectivity index (χ4n) is 5.21. The van der Waals surface area contributed by atoms with Gasteiger partial charge in [-0.05, 0) is 35.7 Å². The Kier molecular flexibility index (Phi) is 6.98. The van der Waals surface area contributed by atoms with Crippen molar-refractivity contribution < 1.29 is 14.3 Å². The normalized spacial score (nSPS) is 14.4. The summed E-state index contributed by atoms with van der Waals surface area (Å²) in [5.74, 6) is 1.82. The second-order valence-corrected chi connectivity index (χ2v) is 9.91. The molecular weight excluding hydrogens is 522 g/mol. The highest BCUT2D eigenvalue weighted by Gasteiger charge is 2.28. The maximum Gasteiger partial charge on any atom is 0.240 e. The molecule has 1 fully saturated rings. The van der Waals surface area contributed by atoms with Gasteiger partial charge in [-0.1, -0.05) is 18.2 Å². The van der Waals surface area contributed by atoms with Gasteiger partial charge < -0.3 is 35.7 Å². The molecule has 0 bridgehead atoms. The lowest BCUT2D eigenvalue weighted by Crippen LogP contribution is -2.54. The Hall–Kier alpha value is -4.97. The molecule has 1 amide bonds. The molecule has 1 saturated heterocycles. The molecule has 0 spiro atoms. The van der Waals surface area contributed by atoms with Gasteiger partial charge in [0.2, 0.25) is 11.9 Å². The number of amides is 1. The number of aromatic amines is 1. The number of fused-ring (bicyclic) bond motifs is 2. The molecule has 5 aromatic rings. The SMILES string of the molecule is COc1ccc(-c2cnc3nc(N)nc(N4CCN(C(=O)[C@@H](N)Cc5cc6ccccc6[nH]5)CC4)c3n2)cc1OC. The summed E-state index contributed by atoms with van der Waals surface area (Å²) in [5.41, 5.74) is 16.7. The van der Waals surface area contributed by atoms with E-state index in [4.69, 9.17) is 25.9 Å². The second-order valence-electron chi connectivity index (χ2n) is 9.91. The van der Waals surface area contributed by atoms with Crippen molar-refractivity contribution in [3.05, 3.63) is 60.4 Å². The van der Waals surface area contributed by atoms with E-state index in [2.05, 4.69) is 24.8 Å². The van der Waals surface area contributed by atoms with Crippen LogP contribution in [-0.4, -0.2) is 82.2 Å². The standard InChI is InChI=1S/C29H31N9O3/c1-40-23-8-7-18(14-24(23)41-2)22-16-32-26-25(34-22)27(36-29(31)35-26)37-9-11-38(12-10-37)28(39)20(30)15-19-13-17-5-3-4-6-21(17)33-19/h3-8,13-14,16,20,33H,9-12,15,30H2,1-2H3,(H2,31,32,35,36)/t20-/m0/s1. The molecule has 1 atom stereocenters. The lowest BCUT2D eigenvalue weighted by Gasteiger charge is -2.36. The van der Waals surface area contributed by atoms with E-state index in [0.29, 0.717) is 66.8 Å². The molecule has 3 aromatic heterocycles. The number of anilines is 2. The monoisotopic (exact) mass is 553 g/mol. The number of nitrogen functional groups attached to an aromatic ring is 1. The van der Waals surface area contributed by atoms with E-state index in [1.165, 1.54) is 0 Å². The molecule has 41 heavy (non-hydrogen) atoms. The third kappa shape index (κ3) is 5.16. The number of hydrogen-bond donors (Lipinski definition) is 3. The van der Waals surface area contributed by atoms with E-state index in [9.17, 15) is 4.79 Å². The number of H-pyrrole nitrogens is 1. The molecule has 12 nitrogen and oxygen atoms in total. The summed E-state index contributed by atoms with van der Waals surface area (Å²) in [6.45, 7) is 2.07. The highest BCUT2D eigenvalue weighted by atomic mass is 16.5. The molecule has 5 N–H and O–H groups in total. The first-order valence-corrected chi connectivity index (χ1v) is 13.3. The van der Waals surface area contributed by atoms with E-state index in [0.717, 1.165) is 22.2 Å². The fourth-order valence-corrected chi connectivity index (χ4v) is 5.21. The van der Waals surface area contributed by atoms with Gasteiger partial charge in [0.25, 0.3) is 0 Å². The summed E-state index contributed by atoms with van der Waals surface area (Å²) in [6, 6.07) is 15.0. The number of benzene rings is 2. The Morgan fingerprint density at radius 1 is 1.00 bits per heavy atom. The molecule has 4 heterocycles. The predicted octanol–water partition coefficient (Wildman–Crippen LogP) is 2.39. The minimum Gasteiger partial charge on any atom is -0.493 e. The summed E-state index contributed by atoms with van der Waals surface area (Å²) in [7, 11) is 3.17. The van der Waals surface area contributed by atoms with Gasteiger partial charge in [-0.3, -0.25) is 4.79 Å². The van der Waals surface area contributed by atoms with Gasteiger partial charge in [0.1, 0.15) is 0 Å². The van der Waals surface area contributed by atoms with E-state index < -0.39 is 6.04 Å². The minimum absolute atomic E-state index is 0.0779. The fraction of sp³-hybridized carbons (Fsp3) is 0.276. The topological polar surface area (TPSA) is 161 Å². The zero-order valence-electron chi connectivity index (χ0n) is 22.9. The molecule has 1 aliphatic rings. The molecular formula is C29H31N9O3. The van der Waals surface area contributed by atoms with Crippen molar-refractivity contribution in [2.75, 3.05) is 51.0 Å². The molecule has 0 unspecified atom stereocenters. The van der Waals surface area contributed by atoms with Crippen molar-refractivity contribution >= 4 is 39.7 Å². The quantitative estimate of drug-likeness (QED) is 0.273. The Balaban J connectivity index is 1.19. The third-order valence-electron chi connectivity index (χ3n) is 7.32. The third-order valence-corrected chi connectivity index (χ3v) is 7.32. The van der Waals surface area contributed by atoms with Crippen molar-refractivity contribution in [3.63, 3.8) is 0 Å². The average molecular weight is 554 g/mol. The van der Waals surface area contributed by atoms with E-state index in [-0.39, 0.29) is 11.9 Å². The van der Waals surface area contributed by atoms with Crippen LogP contribution < -0.4 is 25.8 Å². The van der Waals surface area contributed by atoms with Crippen molar-refractivity contribution in [1.29, 1.82) is 0 Å². The van der Waals surface area contributed by atoms with E-state index in [1.807, 2.05) is 48.5 Å².